The van der Waals surface area contributed by atoms with Crippen LogP contribution in [0.3, 0.4) is 0 Å². The molecule has 29 heavy (non-hydrogen) atoms. The van der Waals surface area contributed by atoms with Crippen LogP contribution in [-0.4, -0.2) is 39.6 Å². The van der Waals surface area contributed by atoms with E-state index in [4.69, 9.17) is 0 Å². The highest BCUT2D eigenvalue weighted by atomic mass is 19.2. The lowest BCUT2D eigenvalue weighted by molar-refractivity contribution is -0.115. The molecule has 0 atom stereocenters. The van der Waals surface area contributed by atoms with Gasteiger partial charge in [0.15, 0.2) is 34.9 Å². The van der Waals surface area contributed by atoms with Crippen molar-refractivity contribution in [1.82, 2.24) is 25.2 Å². The molecule has 152 valence electrons. The Morgan fingerprint density at radius 3 is 2.72 bits per heavy atom. The van der Waals surface area contributed by atoms with Crippen LogP contribution in [0.4, 0.5) is 18.9 Å². The fourth-order valence-electron chi connectivity index (χ4n) is 2.47. The van der Waals surface area contributed by atoms with E-state index >= 15 is 0 Å². The van der Waals surface area contributed by atoms with Crippen molar-refractivity contribution in [2.45, 2.75) is 13.5 Å². The summed E-state index contributed by atoms with van der Waals surface area (Å²) < 4.78 is 41.6. The summed E-state index contributed by atoms with van der Waals surface area (Å²) in [5, 5.41) is 16.0. The van der Waals surface area contributed by atoms with E-state index in [1.165, 1.54) is 0 Å². The number of hydrogen-bond acceptors (Lipinski definition) is 4. The van der Waals surface area contributed by atoms with E-state index in [-0.39, 0.29) is 13.1 Å². The molecule has 8 nitrogen and oxygen atoms in total. The number of carbonyl (C=O) groups is 1. The third-order valence-corrected chi connectivity index (χ3v) is 3.83. The van der Waals surface area contributed by atoms with Gasteiger partial charge in [0.05, 0.1) is 12.2 Å². The van der Waals surface area contributed by atoms with Crippen molar-refractivity contribution in [3.8, 4) is 0 Å². The number of anilines is 1. The number of guanidine groups is 1. The molecule has 0 spiro atoms. The van der Waals surface area contributed by atoms with Gasteiger partial charge in [-0.25, -0.2) is 18.2 Å². The highest BCUT2D eigenvalue weighted by Crippen LogP contribution is 2.19. The van der Waals surface area contributed by atoms with Crippen LogP contribution >= 0.6 is 0 Å². The average molecular weight is 405 g/mol. The molecule has 3 N–H and O–H groups in total. The van der Waals surface area contributed by atoms with Crippen LogP contribution in [0.2, 0.25) is 0 Å². The third kappa shape index (κ3) is 4.81. The van der Waals surface area contributed by atoms with E-state index in [1.54, 1.807) is 4.40 Å². The molecule has 0 radical (unpaired) electrons. The number of nitrogens with zero attached hydrogens (tertiary/aromatic N) is 4. The van der Waals surface area contributed by atoms with E-state index in [9.17, 15) is 18.0 Å². The van der Waals surface area contributed by atoms with Gasteiger partial charge in [-0.3, -0.25) is 9.20 Å². The summed E-state index contributed by atoms with van der Waals surface area (Å²) in [5.74, 6) is -4.18. The predicted octanol–water partition coefficient (Wildman–Crippen LogP) is 1.84. The Morgan fingerprint density at radius 2 is 1.93 bits per heavy atom. The minimum Gasteiger partial charge on any atom is -0.357 e. The molecule has 1 amide bonds. The Bertz CT molecular complexity index is 1050. The van der Waals surface area contributed by atoms with Gasteiger partial charge in [-0.2, -0.15) is 0 Å². The number of rotatable bonds is 6. The largest absolute Gasteiger partial charge is 0.357 e. The predicted molar refractivity (Wildman–Crippen MR) is 101 cm³/mol. The van der Waals surface area contributed by atoms with Crippen molar-refractivity contribution in [3.05, 3.63) is 59.8 Å². The minimum atomic E-state index is -1.65. The molecule has 0 fully saturated rings. The first kappa shape index (κ1) is 20.1. The first-order valence-corrected chi connectivity index (χ1v) is 8.73. The van der Waals surface area contributed by atoms with Gasteiger partial charge in [0.25, 0.3) is 0 Å². The summed E-state index contributed by atoms with van der Waals surface area (Å²) in [4.78, 5) is 16.3. The van der Waals surface area contributed by atoms with Gasteiger partial charge in [-0.15, -0.1) is 10.2 Å². The van der Waals surface area contributed by atoms with Crippen LogP contribution in [0.15, 0.2) is 41.5 Å². The van der Waals surface area contributed by atoms with E-state index in [1.807, 2.05) is 31.3 Å². The Balaban J connectivity index is 1.62. The lowest BCUT2D eigenvalue weighted by atomic mass is 10.2. The maximum atomic E-state index is 13.6. The molecule has 0 unspecified atom stereocenters. The fraction of sp³-hybridized carbons (Fsp3) is 0.222. The zero-order valence-electron chi connectivity index (χ0n) is 15.4. The number of pyridine rings is 1. The molecule has 0 aliphatic heterocycles. The van der Waals surface area contributed by atoms with E-state index in [2.05, 4.69) is 31.1 Å². The monoisotopic (exact) mass is 405 g/mol. The molecule has 3 aromatic rings. The average Bonchev–Trinajstić information content (AvgIpc) is 3.14. The van der Waals surface area contributed by atoms with Gasteiger partial charge in [-0.1, -0.05) is 6.07 Å². The van der Waals surface area contributed by atoms with Crippen molar-refractivity contribution < 1.29 is 18.0 Å². The molecular weight excluding hydrogens is 387 g/mol. The van der Waals surface area contributed by atoms with Crippen molar-refractivity contribution in [3.63, 3.8) is 0 Å². The van der Waals surface area contributed by atoms with Crippen LogP contribution in [0.1, 0.15) is 12.7 Å². The van der Waals surface area contributed by atoms with Crippen molar-refractivity contribution in [1.29, 1.82) is 0 Å². The molecule has 0 bridgehead atoms. The highest BCUT2D eigenvalue weighted by Gasteiger charge is 2.15. The Hall–Kier alpha value is -3.63. The molecule has 3 rings (SSSR count). The first-order chi connectivity index (χ1) is 14.0. The molecule has 2 aromatic heterocycles. The topological polar surface area (TPSA) is 95.7 Å². The maximum absolute atomic E-state index is 13.6. The summed E-state index contributed by atoms with van der Waals surface area (Å²) >= 11 is 0. The summed E-state index contributed by atoms with van der Waals surface area (Å²) in [6, 6.07) is 7.18. The SMILES string of the molecule is CCNC(=NCc1nnc2ccccn12)NCC(=O)Nc1ccc(F)c(F)c1F. The summed E-state index contributed by atoms with van der Waals surface area (Å²) in [6.45, 7) is 2.30. The van der Waals surface area contributed by atoms with Gasteiger partial charge in [0.1, 0.15) is 6.54 Å². The number of aromatic nitrogens is 3. The molecule has 11 heteroatoms. The lowest BCUT2D eigenvalue weighted by Gasteiger charge is -2.12. The number of benzene rings is 1. The van der Waals surface area contributed by atoms with Gasteiger partial charge in [0, 0.05) is 12.7 Å². The first-order valence-electron chi connectivity index (χ1n) is 8.73. The van der Waals surface area contributed by atoms with Crippen LogP contribution in [0.5, 0.6) is 0 Å². The Morgan fingerprint density at radius 1 is 1.10 bits per heavy atom. The van der Waals surface area contributed by atoms with Crippen molar-refractivity contribution in [2.75, 3.05) is 18.4 Å². The Labute approximate surface area is 163 Å². The van der Waals surface area contributed by atoms with Gasteiger partial charge in [-0.05, 0) is 31.2 Å². The van der Waals surface area contributed by atoms with Crippen molar-refractivity contribution >= 4 is 23.2 Å². The van der Waals surface area contributed by atoms with E-state index in [0.29, 0.717) is 24.0 Å². The van der Waals surface area contributed by atoms with Gasteiger partial charge < -0.3 is 16.0 Å². The molecule has 0 aliphatic carbocycles. The van der Waals surface area contributed by atoms with Crippen LogP contribution < -0.4 is 16.0 Å². The number of amides is 1. The minimum absolute atomic E-state index is 0.194. The number of fused-ring (bicyclic) bond motifs is 1. The quantitative estimate of drug-likeness (QED) is 0.330. The molecule has 0 saturated carbocycles. The standard InChI is InChI=1S/C18H18F3N7O/c1-2-22-18(23-9-14-27-26-13-5-3-4-8-28(13)14)24-10-15(29)25-12-7-6-11(19)16(20)17(12)21/h3-8H,2,9-10H2,1H3,(H,25,29)(H2,22,23,24). The number of aliphatic imine (C=N–C) groups is 1. The summed E-state index contributed by atoms with van der Waals surface area (Å²) in [7, 11) is 0. The lowest BCUT2D eigenvalue weighted by Crippen LogP contribution is -2.41. The highest BCUT2D eigenvalue weighted by molar-refractivity contribution is 5.95. The van der Waals surface area contributed by atoms with Crippen LogP contribution in [-0.2, 0) is 11.3 Å². The second kappa shape index (κ2) is 9.04. The van der Waals surface area contributed by atoms with Crippen LogP contribution in [0, 0.1) is 17.5 Å². The summed E-state index contributed by atoms with van der Waals surface area (Å²) in [5.41, 5.74) is 0.233. The van der Waals surface area contributed by atoms with E-state index in [0.717, 1.165) is 12.1 Å². The molecule has 2 heterocycles. The number of halogens is 3. The number of carbonyl (C=O) groups excluding carboxylic acids is 1. The normalized spacial score (nSPS) is 11.5. The second-order valence-electron chi connectivity index (χ2n) is 5.86. The number of nitrogens with one attached hydrogen (secondary N) is 3. The zero-order valence-corrected chi connectivity index (χ0v) is 15.4. The van der Waals surface area contributed by atoms with Gasteiger partial charge in [0.2, 0.25) is 5.91 Å². The van der Waals surface area contributed by atoms with Crippen LogP contribution in [0.25, 0.3) is 5.65 Å². The van der Waals surface area contributed by atoms with Gasteiger partial charge >= 0.3 is 0 Å². The van der Waals surface area contributed by atoms with Crippen molar-refractivity contribution in [2.24, 2.45) is 4.99 Å². The van der Waals surface area contributed by atoms with E-state index < -0.39 is 29.0 Å². The molecule has 1 aromatic carbocycles. The second-order valence-corrected chi connectivity index (χ2v) is 5.86. The number of hydrogen-bond donors (Lipinski definition) is 3. The zero-order chi connectivity index (χ0) is 20.8. The Kier molecular flexibility index (Phi) is 6.27. The fourth-order valence-corrected chi connectivity index (χ4v) is 2.47. The molecular formula is C18H18F3N7O. The smallest absolute Gasteiger partial charge is 0.243 e. The summed E-state index contributed by atoms with van der Waals surface area (Å²) in [6.07, 6.45) is 1.81. The third-order valence-electron chi connectivity index (χ3n) is 3.83. The molecule has 0 aliphatic rings. The maximum Gasteiger partial charge on any atom is 0.243 e. The molecule has 0 saturated heterocycles.